The lowest BCUT2D eigenvalue weighted by molar-refractivity contribution is 0.235. The van der Waals surface area contributed by atoms with Crippen LogP contribution in [0.5, 0.6) is 5.75 Å². The highest BCUT2D eigenvalue weighted by Gasteiger charge is 2.16. The zero-order valence-electron chi connectivity index (χ0n) is 18.7. The van der Waals surface area contributed by atoms with Crippen LogP contribution in [0.1, 0.15) is 22.7 Å². The van der Waals surface area contributed by atoms with E-state index in [0.717, 1.165) is 22.2 Å². The Bertz CT molecular complexity index is 1430. The molecule has 0 radical (unpaired) electrons. The van der Waals surface area contributed by atoms with Crippen molar-refractivity contribution < 1.29 is 9.15 Å². The van der Waals surface area contributed by atoms with Crippen LogP contribution in [0.15, 0.2) is 82.2 Å². The smallest absolute Gasteiger partial charge is 0.252 e. The minimum atomic E-state index is -0.131. The van der Waals surface area contributed by atoms with Gasteiger partial charge in [-0.25, -0.2) is 4.68 Å². The Morgan fingerprint density at radius 1 is 1.03 bits per heavy atom. The lowest BCUT2D eigenvalue weighted by Crippen LogP contribution is -2.28. The molecule has 34 heavy (non-hydrogen) atoms. The number of H-pyrrole nitrogens is 1. The lowest BCUT2D eigenvalue weighted by atomic mass is 10.1. The van der Waals surface area contributed by atoms with Gasteiger partial charge in [0.1, 0.15) is 18.1 Å². The fourth-order valence-corrected chi connectivity index (χ4v) is 3.93. The summed E-state index contributed by atoms with van der Waals surface area (Å²) in [6.45, 7) is 1.96. The van der Waals surface area contributed by atoms with Gasteiger partial charge in [-0.05, 0) is 51.7 Å². The number of ether oxygens (including phenoxy) is 1. The Kier molecular flexibility index (Phi) is 6.17. The number of tetrazole rings is 1. The first kappa shape index (κ1) is 21.6. The minimum absolute atomic E-state index is 0.131. The molecule has 9 nitrogen and oxygen atoms in total. The SMILES string of the molecule is COc1ccc2cc(CN(Cc3ccccc3)Cc3nnnn3Cc3ccco3)c(=O)[nH]c2c1. The summed E-state index contributed by atoms with van der Waals surface area (Å²) in [4.78, 5) is 18.1. The van der Waals surface area contributed by atoms with E-state index in [1.54, 1.807) is 18.1 Å². The molecule has 5 aromatic rings. The van der Waals surface area contributed by atoms with E-state index in [1.165, 1.54) is 0 Å². The van der Waals surface area contributed by atoms with Crippen molar-refractivity contribution in [2.45, 2.75) is 26.2 Å². The molecule has 9 heteroatoms. The van der Waals surface area contributed by atoms with Gasteiger partial charge in [0.05, 0.1) is 25.4 Å². The first-order chi connectivity index (χ1) is 16.7. The van der Waals surface area contributed by atoms with Crippen LogP contribution in [-0.4, -0.2) is 37.2 Å². The maximum Gasteiger partial charge on any atom is 0.252 e. The number of pyridine rings is 1. The van der Waals surface area contributed by atoms with Gasteiger partial charge in [-0.1, -0.05) is 30.3 Å². The van der Waals surface area contributed by atoms with Crippen molar-refractivity contribution in [2.75, 3.05) is 7.11 Å². The lowest BCUT2D eigenvalue weighted by Gasteiger charge is -2.22. The monoisotopic (exact) mass is 456 g/mol. The van der Waals surface area contributed by atoms with Crippen LogP contribution in [0.4, 0.5) is 0 Å². The number of nitrogens with zero attached hydrogens (tertiary/aromatic N) is 5. The van der Waals surface area contributed by atoms with Gasteiger partial charge in [0.15, 0.2) is 5.82 Å². The Labute approximate surface area is 195 Å². The van der Waals surface area contributed by atoms with Crippen LogP contribution in [0.3, 0.4) is 0 Å². The largest absolute Gasteiger partial charge is 0.497 e. The maximum atomic E-state index is 12.9. The molecule has 2 aromatic carbocycles. The van der Waals surface area contributed by atoms with Crippen molar-refractivity contribution in [3.8, 4) is 5.75 Å². The molecule has 0 atom stereocenters. The van der Waals surface area contributed by atoms with Crippen molar-refractivity contribution in [2.24, 2.45) is 0 Å². The highest BCUT2D eigenvalue weighted by atomic mass is 16.5. The summed E-state index contributed by atoms with van der Waals surface area (Å²) >= 11 is 0. The molecule has 0 amide bonds. The third-order valence-corrected chi connectivity index (χ3v) is 5.63. The van der Waals surface area contributed by atoms with Gasteiger partial charge in [0, 0.05) is 24.7 Å². The highest BCUT2D eigenvalue weighted by molar-refractivity contribution is 5.80. The van der Waals surface area contributed by atoms with Crippen molar-refractivity contribution in [1.29, 1.82) is 0 Å². The predicted octanol–water partition coefficient (Wildman–Crippen LogP) is 3.37. The van der Waals surface area contributed by atoms with E-state index in [9.17, 15) is 4.79 Å². The van der Waals surface area contributed by atoms with E-state index in [0.29, 0.717) is 43.3 Å². The molecule has 0 bridgehead atoms. The van der Waals surface area contributed by atoms with Gasteiger partial charge in [-0.2, -0.15) is 0 Å². The molecule has 0 spiro atoms. The van der Waals surface area contributed by atoms with E-state index < -0.39 is 0 Å². The van der Waals surface area contributed by atoms with Gasteiger partial charge >= 0.3 is 0 Å². The molecule has 0 fully saturated rings. The van der Waals surface area contributed by atoms with Gasteiger partial charge in [0.25, 0.3) is 5.56 Å². The molecule has 172 valence electrons. The molecule has 5 rings (SSSR count). The van der Waals surface area contributed by atoms with Crippen LogP contribution in [0, 0.1) is 0 Å². The van der Waals surface area contributed by atoms with E-state index in [4.69, 9.17) is 9.15 Å². The number of hydrogen-bond acceptors (Lipinski definition) is 7. The van der Waals surface area contributed by atoms with Gasteiger partial charge in [0.2, 0.25) is 0 Å². The zero-order chi connectivity index (χ0) is 23.3. The molecular weight excluding hydrogens is 432 g/mol. The average Bonchev–Trinajstić information content (AvgIpc) is 3.52. The number of nitrogens with one attached hydrogen (secondary N) is 1. The molecule has 0 unspecified atom stereocenters. The Morgan fingerprint density at radius 2 is 1.91 bits per heavy atom. The van der Waals surface area contributed by atoms with Crippen LogP contribution >= 0.6 is 0 Å². The van der Waals surface area contributed by atoms with E-state index >= 15 is 0 Å². The van der Waals surface area contributed by atoms with Gasteiger partial charge < -0.3 is 14.1 Å². The van der Waals surface area contributed by atoms with Crippen LogP contribution < -0.4 is 10.3 Å². The predicted molar refractivity (Wildman–Crippen MR) is 126 cm³/mol. The van der Waals surface area contributed by atoms with Crippen molar-refractivity contribution >= 4 is 10.9 Å². The second kappa shape index (κ2) is 9.72. The normalized spacial score (nSPS) is 11.4. The number of benzene rings is 2. The number of aromatic amines is 1. The molecule has 3 heterocycles. The van der Waals surface area contributed by atoms with E-state index in [2.05, 4.69) is 37.5 Å². The van der Waals surface area contributed by atoms with Crippen molar-refractivity contribution in [3.05, 3.63) is 106 Å². The Balaban J connectivity index is 1.43. The van der Waals surface area contributed by atoms with Gasteiger partial charge in [-0.3, -0.25) is 9.69 Å². The molecular formula is C25H24N6O3. The fraction of sp³-hybridized carbons (Fsp3) is 0.200. The van der Waals surface area contributed by atoms with Crippen LogP contribution in [-0.2, 0) is 26.2 Å². The number of hydrogen-bond donors (Lipinski definition) is 1. The number of furan rings is 1. The number of methoxy groups -OCH3 is 1. The first-order valence-electron chi connectivity index (χ1n) is 10.9. The highest BCUT2D eigenvalue weighted by Crippen LogP contribution is 2.20. The molecule has 0 aliphatic rings. The third kappa shape index (κ3) is 4.89. The Morgan fingerprint density at radius 3 is 2.71 bits per heavy atom. The Hall–Kier alpha value is -4.24. The third-order valence-electron chi connectivity index (χ3n) is 5.63. The standard InChI is InChI=1S/C25H24N6O3/c1-33-21-10-9-19-12-20(25(32)26-23(19)13-21)15-30(14-18-6-3-2-4-7-18)17-24-27-28-29-31(24)16-22-8-5-11-34-22/h2-13H,14-17H2,1H3,(H,26,32). The number of fused-ring (bicyclic) bond motifs is 1. The first-order valence-corrected chi connectivity index (χ1v) is 10.9. The molecule has 0 saturated heterocycles. The number of aromatic nitrogens is 5. The summed E-state index contributed by atoms with van der Waals surface area (Å²) in [5.74, 6) is 2.16. The molecule has 3 aromatic heterocycles. The van der Waals surface area contributed by atoms with E-state index in [1.807, 2.05) is 54.6 Å². The second-order valence-corrected chi connectivity index (χ2v) is 8.04. The molecule has 0 saturated carbocycles. The summed E-state index contributed by atoms with van der Waals surface area (Å²) in [5.41, 5.74) is 2.41. The van der Waals surface area contributed by atoms with Crippen molar-refractivity contribution in [1.82, 2.24) is 30.1 Å². The van der Waals surface area contributed by atoms with E-state index in [-0.39, 0.29) is 5.56 Å². The summed E-state index contributed by atoms with van der Waals surface area (Å²) in [7, 11) is 1.61. The summed E-state index contributed by atoms with van der Waals surface area (Å²) in [5, 5.41) is 13.2. The number of rotatable bonds is 9. The maximum absolute atomic E-state index is 12.9. The fourth-order valence-electron chi connectivity index (χ4n) is 3.93. The molecule has 0 aliphatic carbocycles. The summed E-state index contributed by atoms with van der Waals surface area (Å²) in [6.07, 6.45) is 1.63. The van der Waals surface area contributed by atoms with Gasteiger partial charge in [-0.15, -0.1) is 5.10 Å². The second-order valence-electron chi connectivity index (χ2n) is 8.04. The zero-order valence-corrected chi connectivity index (χ0v) is 18.7. The average molecular weight is 457 g/mol. The van der Waals surface area contributed by atoms with Crippen molar-refractivity contribution in [3.63, 3.8) is 0 Å². The minimum Gasteiger partial charge on any atom is -0.497 e. The topological polar surface area (TPSA) is 102 Å². The summed E-state index contributed by atoms with van der Waals surface area (Å²) < 4.78 is 12.4. The molecule has 0 aliphatic heterocycles. The quantitative estimate of drug-likeness (QED) is 0.363. The summed E-state index contributed by atoms with van der Waals surface area (Å²) in [6, 6.07) is 21.4. The van der Waals surface area contributed by atoms with Crippen LogP contribution in [0.25, 0.3) is 10.9 Å². The molecule has 1 N–H and O–H groups in total. The van der Waals surface area contributed by atoms with Crippen LogP contribution in [0.2, 0.25) is 0 Å².